The molecule has 0 N–H and O–H groups in total. The highest BCUT2D eigenvalue weighted by molar-refractivity contribution is 7.00. The molecule has 0 spiro atoms. The van der Waals surface area contributed by atoms with Crippen molar-refractivity contribution in [1.29, 1.82) is 0 Å². The Kier molecular flexibility index (Phi) is 11.1. The lowest BCUT2D eigenvalue weighted by Gasteiger charge is -2.47. The molecule has 2 aromatic heterocycles. The lowest BCUT2D eigenvalue weighted by atomic mass is 9.33. The van der Waals surface area contributed by atoms with Gasteiger partial charge in [-0.1, -0.05) is 372 Å². The van der Waals surface area contributed by atoms with Gasteiger partial charge in [0.05, 0.1) is 92.6 Å². The van der Waals surface area contributed by atoms with Crippen LogP contribution in [0.2, 0.25) is 0 Å². The second-order valence-corrected chi connectivity index (χ2v) is 40.0. The molecule has 4 nitrogen and oxygen atoms in total. The summed E-state index contributed by atoms with van der Waals surface area (Å²) in [5.41, 5.74) is -22.4. The number of hydrogen-bond donors (Lipinski definition) is 0. The Morgan fingerprint density at radius 3 is 0.917 bits per heavy atom. The second-order valence-electron chi connectivity index (χ2n) is 40.0. The Bertz CT molecular complexity index is 9020. The van der Waals surface area contributed by atoms with Crippen LogP contribution < -0.4 is 26.2 Å². The molecule has 5 heteroatoms. The van der Waals surface area contributed by atoms with Gasteiger partial charge >= 0.3 is 0 Å². The van der Waals surface area contributed by atoms with Crippen molar-refractivity contribution in [3.05, 3.63) is 329 Å². The topological polar surface area (TPSA) is 16.3 Å². The van der Waals surface area contributed by atoms with Crippen LogP contribution in [0.5, 0.6) is 0 Å². The van der Waals surface area contributed by atoms with Crippen LogP contribution in [0.1, 0.15) is 264 Å². The van der Waals surface area contributed by atoms with Crippen LogP contribution in [-0.2, 0) is 43.3 Å². The number of para-hydroxylation sites is 4. The van der Waals surface area contributed by atoms with E-state index in [9.17, 15) is 52.1 Å². The summed E-state index contributed by atoms with van der Waals surface area (Å²) < 4.78 is 406. The lowest BCUT2D eigenvalue weighted by molar-refractivity contribution is 0.570. The minimum absolute atomic E-state index is 0.0306. The third-order valence-electron chi connectivity index (χ3n) is 22.8. The van der Waals surface area contributed by atoms with Gasteiger partial charge in [-0.2, -0.15) is 0 Å². The van der Waals surface area contributed by atoms with E-state index in [-0.39, 0.29) is 94.6 Å². The molecule has 4 heterocycles. The van der Waals surface area contributed by atoms with Crippen LogP contribution in [0.3, 0.4) is 0 Å². The highest BCUT2D eigenvalue weighted by atomic mass is 15.2. The van der Waals surface area contributed by atoms with Crippen molar-refractivity contribution in [3.63, 3.8) is 0 Å². The first kappa shape index (κ1) is 46.9. The van der Waals surface area contributed by atoms with E-state index in [0.29, 0.717) is 0 Å². The maximum absolute atomic E-state index is 12.0. The number of benzene rings is 14. The van der Waals surface area contributed by atoms with Gasteiger partial charge in [0.25, 0.3) is 6.71 Å². The van der Waals surface area contributed by atoms with Gasteiger partial charge in [-0.25, -0.2) is 0 Å². The van der Waals surface area contributed by atoms with E-state index < -0.39 is 397 Å². The molecule has 0 saturated carbocycles. The van der Waals surface area contributed by atoms with Gasteiger partial charge < -0.3 is 18.9 Å². The van der Waals surface area contributed by atoms with Gasteiger partial charge in [0.2, 0.25) is 0 Å². The van der Waals surface area contributed by atoms with Gasteiger partial charge in [0.1, 0.15) is 0 Å². The minimum Gasteiger partial charge on any atom is -0.310 e. The number of anilines is 6. The largest absolute Gasteiger partial charge is 0.310 e. The maximum Gasteiger partial charge on any atom is 0.252 e. The highest BCUT2D eigenvalue weighted by Gasteiger charge is 2.48. The van der Waals surface area contributed by atoms with Crippen LogP contribution in [0, 0.1) is 0 Å². The molecule has 0 saturated heterocycles. The Labute approximate surface area is 775 Å². The number of rotatable bonds is 9. The lowest BCUT2D eigenvalue weighted by Crippen LogP contribution is -2.61. The molecule has 0 radical (unpaired) electrons. The fourth-order valence-electron chi connectivity index (χ4n) is 16.8. The Morgan fingerprint density at radius 2 is 0.562 bits per heavy atom. The molecular formula is C116H119BN4. The number of hydrogen-bond acceptors (Lipinski definition) is 2. The second kappa shape index (κ2) is 28.5. The Morgan fingerprint density at radius 1 is 0.248 bits per heavy atom. The fourth-order valence-corrected chi connectivity index (χ4v) is 16.8. The van der Waals surface area contributed by atoms with Crippen LogP contribution in [0.15, 0.2) is 284 Å². The summed E-state index contributed by atoms with van der Waals surface area (Å²) in [4.78, 5) is 2.84. The molecular weight excluding hydrogens is 1460 g/mol. The molecule has 0 bridgehead atoms. The first-order valence-electron chi connectivity index (χ1n) is 60.4. The first-order chi connectivity index (χ1) is 73.4. The molecule has 18 rings (SSSR count). The molecule has 14 aromatic carbocycles. The summed E-state index contributed by atoms with van der Waals surface area (Å²) in [7, 11) is 0. The molecule has 121 heavy (non-hydrogen) atoms. The zero-order valence-electron chi connectivity index (χ0n) is 112. The van der Waals surface area contributed by atoms with Crippen molar-refractivity contribution in [2.24, 2.45) is 0 Å². The molecule has 0 unspecified atom stereocenters. The molecule has 0 amide bonds. The molecule has 0 aliphatic carbocycles. The maximum atomic E-state index is 12.0. The summed E-state index contributed by atoms with van der Waals surface area (Å²) in [5.74, 6) is 0. The van der Waals surface area contributed by atoms with E-state index in [1.807, 2.05) is 0 Å². The predicted octanol–water partition coefficient (Wildman–Crippen LogP) is 30.7. The molecule has 0 atom stereocenters. The van der Waals surface area contributed by atoms with E-state index in [1.165, 1.54) is 62.9 Å². The Hall–Kier alpha value is -11.7. The minimum atomic E-state index is -1.73. The van der Waals surface area contributed by atoms with Crippen molar-refractivity contribution in [1.82, 2.24) is 9.13 Å². The van der Waals surface area contributed by atoms with Gasteiger partial charge in [0, 0.05) is 72.2 Å². The summed E-state index contributed by atoms with van der Waals surface area (Å²) in [6.45, 7) is 38.8. The summed E-state index contributed by atoms with van der Waals surface area (Å²) in [6.07, 6.45) is 0. The third-order valence-corrected chi connectivity index (χ3v) is 22.8. The van der Waals surface area contributed by atoms with Gasteiger partial charge in [-0.05, 0) is 216 Å². The molecule has 2 aliphatic rings. The smallest absolute Gasteiger partial charge is 0.252 e. The average molecular weight is 1620 g/mol. The van der Waals surface area contributed by atoms with Crippen LogP contribution in [0.25, 0.3) is 111 Å². The van der Waals surface area contributed by atoms with Crippen LogP contribution in [-0.4, -0.2) is 15.8 Å². The molecule has 2 aliphatic heterocycles. The van der Waals surface area contributed by atoms with Crippen molar-refractivity contribution in [2.45, 2.75) is 209 Å². The van der Waals surface area contributed by atoms with Gasteiger partial charge in [-0.3, -0.25) is 0 Å². The zero-order valence-corrected chi connectivity index (χ0v) is 73.0. The molecule has 606 valence electrons. The summed E-state index contributed by atoms with van der Waals surface area (Å²) in [5, 5.41) is -1.95. The first-order valence-corrected chi connectivity index (χ1v) is 40.9. The standard InChI is InChI=1S/C116H119BN4/c1-109(2,3)76-57-52-73(53-58-76)86-65-78(111(7,8)9)67-88(104-90(113(13,14)15)44-36-45-91(104)114(16,17)18)107(86)120-100-64-75(72-38-26-25-27-39-72)56-62-94(100)117-95-63-61-80(118-96-48-32-28-40-82(96)83-41-29-33-49-97(83)118)69-101(95)121(103-71-81(70-102(120)106(103)117)119-98-50-34-30-42-84(98)85-43-31-35-51-99(85)119)108-87(74-54-59-77(60-55-74)110(4,5)6)66-79(112(10,11)12)68-89(108)105-92(115(19,20)21)46-37-47-93(105)116(22,23)24/h25-71H,1-24H3/i25D,26D,27D,28D,29D,30D,31D,32D,33D,34D,35D,36D,37D,38D,39D,40D,41D,42D,43D,44D,45D,46D,47D,48D,49D,50D,51D,52D,53D,54D,55D,57D,58D,59D,60D,65D,66D,67D,68D. The van der Waals surface area contributed by atoms with Crippen LogP contribution in [0.4, 0.5) is 34.1 Å². The number of nitrogens with zero attached hydrogens (tertiary/aromatic N) is 4. The van der Waals surface area contributed by atoms with E-state index in [2.05, 4.69) is 0 Å². The monoisotopic (exact) mass is 1620 g/mol. The van der Waals surface area contributed by atoms with Gasteiger partial charge in [0.15, 0.2) is 0 Å². The van der Waals surface area contributed by atoms with Crippen molar-refractivity contribution < 1.29 is 53.5 Å². The Balaban J connectivity index is 1.29. The van der Waals surface area contributed by atoms with E-state index in [4.69, 9.17) is 1.37 Å². The fraction of sp³-hybridized carbons (Fsp3) is 0.276. The SMILES string of the molecule is [2H]c1c([2H])c([2H])c(-c2ccc3c(c2)N(c2c(-c4c([2H])c([2H])c(C(C)(C)C)c([2H])c4[2H])c([2H])c(C(C)(C)C)c([2H])c2-c2c(C(C)(C)C)c([2H])c([2H])c([2H])c2C(C)(C)C)c2cc(-n4c5c([2H])c([2H])c([2H])c([2H])c5c5c([2H])c([2H])c([2H])c([2H])c54)cc4c2B3c2ccc(-n3c5c([2H])c([2H])c([2H])c([2H])c5c5c([2H])c([2H])c([2H])c([2H])c53)cc2N4c2c(-c3c([2H])c([2H])c(C(C)(C)C)c([2H])c3[2H])c([2H])c(C(C)(C)C)c([2H])c2-c2c(C(C)(C)C)c([2H])c([2H])c([2H])c2C(C)(C)C)c([2H])c1[2H]. The summed E-state index contributed by atoms with van der Waals surface area (Å²) in [6, 6.07) is -18.7. The van der Waals surface area contributed by atoms with Gasteiger partial charge in [-0.15, -0.1) is 0 Å². The van der Waals surface area contributed by atoms with Crippen molar-refractivity contribution >= 4 is 101 Å². The van der Waals surface area contributed by atoms with E-state index >= 15 is 0 Å². The number of aromatic nitrogens is 2. The van der Waals surface area contributed by atoms with Crippen molar-refractivity contribution in [3.8, 4) is 67.0 Å². The molecule has 16 aromatic rings. The van der Waals surface area contributed by atoms with E-state index in [1.54, 1.807) is 166 Å². The van der Waals surface area contributed by atoms with Crippen LogP contribution >= 0.6 is 0 Å². The third kappa shape index (κ3) is 13.8. The predicted molar refractivity (Wildman–Crippen MR) is 526 cm³/mol. The average Bonchev–Trinajstić information content (AvgIpc) is 0.879. The number of fused-ring (bicyclic) bond motifs is 10. The van der Waals surface area contributed by atoms with E-state index in [0.717, 1.165) is 4.57 Å². The molecule has 0 fully saturated rings. The normalized spacial score (nSPS) is 18.1. The highest BCUT2D eigenvalue weighted by Crippen LogP contribution is 2.59. The quantitative estimate of drug-likeness (QED) is 0.134. The van der Waals surface area contributed by atoms with Crippen molar-refractivity contribution in [2.75, 3.05) is 9.80 Å². The summed E-state index contributed by atoms with van der Waals surface area (Å²) >= 11 is 0. The zero-order chi connectivity index (χ0) is 119.